The third-order valence-corrected chi connectivity index (χ3v) is 4.06. The Morgan fingerprint density at radius 2 is 2.04 bits per heavy atom. The molecule has 1 N–H and O–H groups in total. The smallest absolute Gasteiger partial charge is 0.264 e. The van der Waals surface area contributed by atoms with Crippen LogP contribution in [0.5, 0.6) is 0 Å². The van der Waals surface area contributed by atoms with Gasteiger partial charge in [-0.3, -0.25) is 14.3 Å². The largest absolute Gasteiger partial charge is 0.383 e. The molecule has 3 aromatic rings. The van der Waals surface area contributed by atoms with E-state index in [1.165, 1.54) is 6.20 Å². The number of amides is 1. The quantitative estimate of drug-likeness (QED) is 0.682. The molecule has 8 heteroatoms. The van der Waals surface area contributed by atoms with Crippen LogP contribution in [-0.2, 0) is 18.3 Å². The van der Waals surface area contributed by atoms with Crippen LogP contribution in [0.1, 0.15) is 15.9 Å². The first-order valence-electron chi connectivity index (χ1n) is 8.49. The van der Waals surface area contributed by atoms with Gasteiger partial charge in [0.2, 0.25) is 0 Å². The molecule has 3 rings (SSSR count). The molecule has 2 aromatic heterocycles. The lowest BCUT2D eigenvalue weighted by atomic mass is 10.2. The Morgan fingerprint density at radius 1 is 1.26 bits per heavy atom. The number of aryl methyl sites for hydroxylation is 1. The number of nitrogens with zero attached hydrogens (tertiary/aromatic N) is 4. The van der Waals surface area contributed by atoms with Gasteiger partial charge in [-0.25, -0.2) is 4.98 Å². The summed E-state index contributed by atoms with van der Waals surface area (Å²) < 4.78 is 6.76. The number of carbonyl (C=O) groups excluding carboxylic acids is 1. The molecule has 1 aromatic carbocycles. The number of aromatic nitrogens is 4. The van der Waals surface area contributed by atoms with Crippen molar-refractivity contribution in [1.29, 1.82) is 0 Å². The van der Waals surface area contributed by atoms with Gasteiger partial charge in [0, 0.05) is 50.8 Å². The van der Waals surface area contributed by atoms with Crippen LogP contribution < -0.4 is 5.56 Å². The standard InChI is InChI=1S/C19H21N5O3/c1-23-12-14(10-21-23)13-24(8-9-27-2)19(26)16-11-20-17(22-18(16)25)15-6-4-3-5-7-15/h3-7,10-12H,8-9,13H2,1-2H3,(H,20,22,25). The maximum atomic E-state index is 12.9. The van der Waals surface area contributed by atoms with Gasteiger partial charge in [0.1, 0.15) is 11.4 Å². The summed E-state index contributed by atoms with van der Waals surface area (Å²) >= 11 is 0. The van der Waals surface area contributed by atoms with Crippen molar-refractivity contribution in [3.63, 3.8) is 0 Å². The first-order valence-corrected chi connectivity index (χ1v) is 8.49. The van der Waals surface area contributed by atoms with Crippen LogP contribution in [0.2, 0.25) is 0 Å². The number of ether oxygens (including phenoxy) is 1. The van der Waals surface area contributed by atoms with Gasteiger partial charge >= 0.3 is 0 Å². The topological polar surface area (TPSA) is 93.1 Å². The van der Waals surface area contributed by atoms with Crippen molar-refractivity contribution in [3.8, 4) is 11.4 Å². The molecule has 0 radical (unpaired) electrons. The molecule has 1 amide bonds. The van der Waals surface area contributed by atoms with E-state index in [2.05, 4.69) is 15.1 Å². The molecule has 0 aliphatic carbocycles. The minimum absolute atomic E-state index is 0.00493. The highest BCUT2D eigenvalue weighted by Gasteiger charge is 2.20. The molecule has 0 spiro atoms. The number of nitrogens with one attached hydrogen (secondary N) is 1. The molecule has 0 saturated heterocycles. The van der Waals surface area contributed by atoms with Crippen molar-refractivity contribution in [1.82, 2.24) is 24.6 Å². The van der Waals surface area contributed by atoms with Crippen molar-refractivity contribution >= 4 is 5.91 Å². The summed E-state index contributed by atoms with van der Waals surface area (Å²) in [4.78, 5) is 33.9. The summed E-state index contributed by atoms with van der Waals surface area (Å²) in [6.45, 7) is 1.04. The fourth-order valence-electron chi connectivity index (χ4n) is 2.69. The molecule has 0 atom stereocenters. The third-order valence-electron chi connectivity index (χ3n) is 4.06. The van der Waals surface area contributed by atoms with Gasteiger partial charge in [-0.15, -0.1) is 0 Å². The van der Waals surface area contributed by atoms with Gasteiger partial charge in [0.15, 0.2) is 0 Å². The first kappa shape index (κ1) is 18.5. The Balaban J connectivity index is 1.85. The average molecular weight is 367 g/mol. The second-order valence-electron chi connectivity index (χ2n) is 6.08. The van der Waals surface area contributed by atoms with E-state index in [0.29, 0.717) is 25.5 Å². The zero-order valence-corrected chi connectivity index (χ0v) is 15.3. The highest BCUT2D eigenvalue weighted by atomic mass is 16.5. The number of benzene rings is 1. The Hall–Kier alpha value is -3.26. The van der Waals surface area contributed by atoms with Crippen LogP contribution >= 0.6 is 0 Å². The minimum Gasteiger partial charge on any atom is -0.383 e. The van der Waals surface area contributed by atoms with Crippen LogP contribution in [0.4, 0.5) is 0 Å². The van der Waals surface area contributed by atoms with E-state index in [9.17, 15) is 9.59 Å². The summed E-state index contributed by atoms with van der Waals surface area (Å²) in [5.74, 6) is 0.0251. The summed E-state index contributed by atoms with van der Waals surface area (Å²) in [5, 5.41) is 4.11. The average Bonchev–Trinajstić information content (AvgIpc) is 3.10. The summed E-state index contributed by atoms with van der Waals surface area (Å²) in [6, 6.07) is 9.27. The Bertz CT molecular complexity index is 965. The summed E-state index contributed by atoms with van der Waals surface area (Å²) in [7, 11) is 3.37. The minimum atomic E-state index is -0.470. The molecule has 0 unspecified atom stereocenters. The number of carbonyl (C=O) groups is 1. The molecule has 8 nitrogen and oxygen atoms in total. The Kier molecular flexibility index (Phi) is 5.77. The van der Waals surface area contributed by atoms with Gasteiger partial charge in [0.25, 0.3) is 11.5 Å². The number of rotatable bonds is 7. The fourth-order valence-corrected chi connectivity index (χ4v) is 2.69. The van der Waals surface area contributed by atoms with E-state index in [4.69, 9.17) is 4.74 Å². The number of hydrogen-bond acceptors (Lipinski definition) is 5. The zero-order valence-electron chi connectivity index (χ0n) is 15.3. The van der Waals surface area contributed by atoms with E-state index in [0.717, 1.165) is 11.1 Å². The normalized spacial score (nSPS) is 10.7. The second-order valence-corrected chi connectivity index (χ2v) is 6.08. The van der Waals surface area contributed by atoms with Gasteiger partial charge in [-0.1, -0.05) is 30.3 Å². The van der Waals surface area contributed by atoms with E-state index >= 15 is 0 Å². The van der Waals surface area contributed by atoms with Crippen molar-refractivity contribution in [2.75, 3.05) is 20.3 Å². The Morgan fingerprint density at radius 3 is 2.67 bits per heavy atom. The van der Waals surface area contributed by atoms with Crippen molar-refractivity contribution < 1.29 is 9.53 Å². The molecular weight excluding hydrogens is 346 g/mol. The fraction of sp³-hybridized carbons (Fsp3) is 0.263. The highest BCUT2D eigenvalue weighted by molar-refractivity contribution is 5.93. The molecule has 0 fully saturated rings. The Labute approximate surface area is 156 Å². The van der Waals surface area contributed by atoms with Crippen LogP contribution in [-0.4, -0.2) is 50.8 Å². The van der Waals surface area contributed by atoms with Crippen molar-refractivity contribution in [2.45, 2.75) is 6.54 Å². The van der Waals surface area contributed by atoms with E-state index < -0.39 is 11.5 Å². The third kappa shape index (κ3) is 4.48. The zero-order chi connectivity index (χ0) is 19.2. The molecule has 0 aliphatic rings. The molecule has 0 aliphatic heterocycles. The maximum Gasteiger partial charge on any atom is 0.264 e. The molecule has 0 saturated carbocycles. The van der Waals surface area contributed by atoms with Crippen LogP contribution in [0.3, 0.4) is 0 Å². The van der Waals surface area contributed by atoms with Crippen molar-refractivity contribution in [3.05, 3.63) is 70.4 Å². The lowest BCUT2D eigenvalue weighted by Crippen LogP contribution is -2.36. The van der Waals surface area contributed by atoms with E-state index in [1.54, 1.807) is 22.9 Å². The lowest BCUT2D eigenvalue weighted by molar-refractivity contribution is 0.0678. The lowest BCUT2D eigenvalue weighted by Gasteiger charge is -2.21. The monoisotopic (exact) mass is 367 g/mol. The maximum absolute atomic E-state index is 12.9. The van der Waals surface area contributed by atoms with Gasteiger partial charge in [-0.2, -0.15) is 5.10 Å². The SMILES string of the molecule is COCCN(Cc1cnn(C)c1)C(=O)c1cnc(-c2ccccc2)[nH]c1=O. The summed E-state index contributed by atoms with van der Waals surface area (Å²) in [6.07, 6.45) is 4.84. The van der Waals surface area contributed by atoms with E-state index in [1.807, 2.05) is 43.6 Å². The molecule has 27 heavy (non-hydrogen) atoms. The van der Waals surface area contributed by atoms with Crippen LogP contribution in [0, 0.1) is 0 Å². The predicted octanol–water partition coefficient (Wildman–Crippen LogP) is 1.46. The molecule has 140 valence electrons. The van der Waals surface area contributed by atoms with Gasteiger partial charge in [0.05, 0.1) is 12.8 Å². The number of methoxy groups -OCH3 is 1. The number of H-pyrrole nitrogens is 1. The second kappa shape index (κ2) is 8.41. The van der Waals surface area contributed by atoms with E-state index in [-0.39, 0.29) is 5.56 Å². The number of hydrogen-bond donors (Lipinski definition) is 1. The summed E-state index contributed by atoms with van der Waals surface area (Å²) in [5.41, 5.74) is 1.17. The van der Waals surface area contributed by atoms with Crippen LogP contribution in [0.15, 0.2) is 53.7 Å². The predicted molar refractivity (Wildman–Crippen MR) is 100 cm³/mol. The van der Waals surface area contributed by atoms with Gasteiger partial charge < -0.3 is 14.6 Å². The van der Waals surface area contributed by atoms with Crippen LogP contribution in [0.25, 0.3) is 11.4 Å². The van der Waals surface area contributed by atoms with Crippen molar-refractivity contribution in [2.24, 2.45) is 7.05 Å². The highest BCUT2D eigenvalue weighted by Crippen LogP contribution is 2.13. The first-order chi connectivity index (χ1) is 13.1. The number of aromatic amines is 1. The van der Waals surface area contributed by atoms with Gasteiger partial charge in [-0.05, 0) is 0 Å². The molecule has 2 heterocycles. The molecule has 0 bridgehead atoms. The molecular formula is C19H21N5O3.